The van der Waals surface area contributed by atoms with Gasteiger partial charge in [0.15, 0.2) is 0 Å². The summed E-state index contributed by atoms with van der Waals surface area (Å²) in [6.07, 6.45) is 4.34. The van der Waals surface area contributed by atoms with E-state index in [0.29, 0.717) is 23.4 Å². The zero-order valence-corrected chi connectivity index (χ0v) is 12.9. The molecule has 0 aliphatic rings. The highest BCUT2D eigenvalue weighted by atomic mass is 32.2. The van der Waals surface area contributed by atoms with Crippen LogP contribution in [-0.4, -0.2) is 13.4 Å². The van der Waals surface area contributed by atoms with Crippen molar-refractivity contribution in [2.75, 3.05) is 10.5 Å². The molecule has 0 unspecified atom stereocenters. The van der Waals surface area contributed by atoms with E-state index < -0.39 is 10.0 Å². The first-order valence-corrected chi connectivity index (χ1v) is 8.30. The fourth-order valence-electron chi connectivity index (χ4n) is 2.18. The Morgan fingerprint density at radius 1 is 1.24 bits per heavy atom. The average Bonchev–Trinajstić information content (AvgIpc) is 2.47. The lowest BCUT2D eigenvalue weighted by molar-refractivity contribution is 0.600. The quantitative estimate of drug-likeness (QED) is 0.831. The van der Waals surface area contributed by atoms with Crippen LogP contribution in [0.25, 0.3) is 0 Å². The monoisotopic (exact) mass is 305 g/mol. The Morgan fingerprint density at radius 2 is 2.00 bits per heavy atom. The van der Waals surface area contributed by atoms with E-state index in [0.717, 1.165) is 12.0 Å². The van der Waals surface area contributed by atoms with Crippen molar-refractivity contribution in [1.29, 1.82) is 0 Å². The molecule has 3 N–H and O–H groups in total. The Labute approximate surface area is 125 Å². The van der Waals surface area contributed by atoms with Gasteiger partial charge in [-0.25, -0.2) is 8.42 Å². The third-order valence-corrected chi connectivity index (χ3v) is 4.72. The molecule has 1 heterocycles. The lowest BCUT2D eigenvalue weighted by Gasteiger charge is -2.15. The summed E-state index contributed by atoms with van der Waals surface area (Å²) in [7, 11) is -3.68. The van der Waals surface area contributed by atoms with Crippen molar-refractivity contribution in [1.82, 2.24) is 4.98 Å². The molecule has 0 radical (unpaired) electrons. The molecule has 0 bridgehead atoms. The van der Waals surface area contributed by atoms with Gasteiger partial charge in [0.2, 0.25) is 0 Å². The van der Waals surface area contributed by atoms with E-state index in [4.69, 9.17) is 5.73 Å². The minimum atomic E-state index is -3.68. The van der Waals surface area contributed by atoms with Crippen LogP contribution in [0.5, 0.6) is 0 Å². The molecule has 0 saturated heterocycles. The van der Waals surface area contributed by atoms with Gasteiger partial charge in [-0.2, -0.15) is 0 Å². The van der Waals surface area contributed by atoms with Gasteiger partial charge in [-0.05, 0) is 48.2 Å². The van der Waals surface area contributed by atoms with Crippen molar-refractivity contribution in [3.05, 3.63) is 47.8 Å². The van der Waals surface area contributed by atoms with Crippen LogP contribution in [0.1, 0.15) is 25.0 Å². The highest BCUT2D eigenvalue weighted by Gasteiger charge is 2.20. The molecule has 0 fully saturated rings. The van der Waals surface area contributed by atoms with Crippen molar-refractivity contribution in [3.63, 3.8) is 0 Å². The third kappa shape index (κ3) is 3.33. The van der Waals surface area contributed by atoms with Crippen molar-refractivity contribution < 1.29 is 8.42 Å². The second kappa shape index (κ2) is 6.13. The summed E-state index contributed by atoms with van der Waals surface area (Å²) >= 11 is 0. The van der Waals surface area contributed by atoms with Gasteiger partial charge in [-0.3, -0.25) is 9.71 Å². The fourth-order valence-corrected chi connectivity index (χ4v) is 3.62. The van der Waals surface area contributed by atoms with Gasteiger partial charge in [0.25, 0.3) is 10.0 Å². The van der Waals surface area contributed by atoms with Crippen LogP contribution in [0.15, 0.2) is 41.6 Å². The number of nitrogens with two attached hydrogens (primary N) is 1. The smallest absolute Gasteiger partial charge is 0.262 e. The Balaban J connectivity index is 2.51. The standard InChI is InChI=1S/C15H19N3O2S/c1-3-11-8-14(16)13(4-2)15(9-11)21(19,20)18-12-6-5-7-17-10-12/h5-10,18H,3-4,16H2,1-2H3. The summed E-state index contributed by atoms with van der Waals surface area (Å²) < 4.78 is 27.8. The molecule has 5 nitrogen and oxygen atoms in total. The predicted octanol–water partition coefficient (Wildman–Crippen LogP) is 2.59. The summed E-state index contributed by atoms with van der Waals surface area (Å²) in [5.41, 5.74) is 8.48. The molecule has 0 aliphatic heterocycles. The minimum Gasteiger partial charge on any atom is -0.398 e. The Kier molecular flexibility index (Phi) is 4.47. The molecule has 1 aromatic heterocycles. The van der Waals surface area contributed by atoms with Crippen molar-refractivity contribution >= 4 is 21.4 Å². The lowest BCUT2D eigenvalue weighted by atomic mass is 10.1. The van der Waals surface area contributed by atoms with Gasteiger partial charge < -0.3 is 5.73 Å². The molecular weight excluding hydrogens is 286 g/mol. The number of nitrogens with zero attached hydrogens (tertiary/aromatic N) is 1. The van der Waals surface area contributed by atoms with E-state index in [-0.39, 0.29) is 4.90 Å². The van der Waals surface area contributed by atoms with E-state index in [2.05, 4.69) is 9.71 Å². The number of rotatable bonds is 5. The number of aromatic nitrogens is 1. The molecule has 6 heteroatoms. The summed E-state index contributed by atoms with van der Waals surface area (Å²) in [5.74, 6) is 0. The summed E-state index contributed by atoms with van der Waals surface area (Å²) in [6, 6.07) is 6.86. The molecule has 0 amide bonds. The van der Waals surface area contributed by atoms with Crippen LogP contribution in [0, 0.1) is 0 Å². The Bertz CT molecular complexity index is 728. The van der Waals surface area contributed by atoms with Gasteiger partial charge in [0.1, 0.15) is 0 Å². The number of aryl methyl sites for hydroxylation is 1. The van der Waals surface area contributed by atoms with E-state index in [9.17, 15) is 8.42 Å². The molecule has 21 heavy (non-hydrogen) atoms. The Morgan fingerprint density at radius 3 is 2.57 bits per heavy atom. The van der Waals surface area contributed by atoms with E-state index in [1.165, 1.54) is 6.20 Å². The molecule has 1 aromatic carbocycles. The zero-order valence-electron chi connectivity index (χ0n) is 12.1. The van der Waals surface area contributed by atoms with Crippen molar-refractivity contribution in [3.8, 4) is 0 Å². The van der Waals surface area contributed by atoms with Crippen LogP contribution in [0.2, 0.25) is 0 Å². The van der Waals surface area contributed by atoms with Gasteiger partial charge in [-0.1, -0.05) is 13.8 Å². The maximum atomic E-state index is 12.6. The number of nitrogens with one attached hydrogen (secondary N) is 1. The maximum Gasteiger partial charge on any atom is 0.262 e. The van der Waals surface area contributed by atoms with Crippen molar-refractivity contribution in [2.24, 2.45) is 0 Å². The second-order valence-corrected chi connectivity index (χ2v) is 6.37. The van der Waals surface area contributed by atoms with Crippen LogP contribution >= 0.6 is 0 Å². The Hall–Kier alpha value is -2.08. The number of hydrogen-bond acceptors (Lipinski definition) is 4. The molecule has 112 valence electrons. The molecule has 2 aromatic rings. The van der Waals surface area contributed by atoms with E-state index in [1.807, 2.05) is 19.9 Å². The fraction of sp³-hybridized carbons (Fsp3) is 0.267. The SMILES string of the molecule is CCc1cc(N)c(CC)c(S(=O)(=O)Nc2cccnc2)c1. The van der Waals surface area contributed by atoms with Crippen LogP contribution in [0.4, 0.5) is 11.4 Å². The van der Waals surface area contributed by atoms with Crippen LogP contribution < -0.4 is 10.5 Å². The van der Waals surface area contributed by atoms with E-state index >= 15 is 0 Å². The summed E-state index contributed by atoms with van der Waals surface area (Å²) in [5, 5.41) is 0. The topological polar surface area (TPSA) is 85.1 Å². The number of nitrogen functional groups attached to an aromatic ring is 1. The second-order valence-electron chi connectivity index (χ2n) is 4.72. The van der Waals surface area contributed by atoms with Crippen LogP contribution in [-0.2, 0) is 22.9 Å². The van der Waals surface area contributed by atoms with Gasteiger partial charge >= 0.3 is 0 Å². The highest BCUT2D eigenvalue weighted by molar-refractivity contribution is 7.92. The van der Waals surface area contributed by atoms with Crippen LogP contribution in [0.3, 0.4) is 0 Å². The minimum absolute atomic E-state index is 0.241. The molecular formula is C15H19N3O2S. The van der Waals surface area contributed by atoms with Gasteiger partial charge in [0, 0.05) is 11.9 Å². The molecule has 0 aliphatic carbocycles. The average molecular weight is 305 g/mol. The first kappa shape index (κ1) is 15.3. The molecule has 0 atom stereocenters. The largest absolute Gasteiger partial charge is 0.398 e. The number of pyridine rings is 1. The van der Waals surface area contributed by atoms with Gasteiger partial charge in [0.05, 0.1) is 16.8 Å². The molecule has 0 saturated carbocycles. The number of sulfonamides is 1. The van der Waals surface area contributed by atoms with Crippen molar-refractivity contribution in [2.45, 2.75) is 31.6 Å². The lowest BCUT2D eigenvalue weighted by Crippen LogP contribution is -2.16. The third-order valence-electron chi connectivity index (χ3n) is 3.27. The summed E-state index contributed by atoms with van der Waals surface area (Å²) in [6.45, 7) is 3.85. The molecule has 2 rings (SSSR count). The maximum absolute atomic E-state index is 12.6. The normalized spacial score (nSPS) is 11.3. The number of hydrogen-bond donors (Lipinski definition) is 2. The van der Waals surface area contributed by atoms with E-state index in [1.54, 1.807) is 24.4 Å². The highest BCUT2D eigenvalue weighted by Crippen LogP contribution is 2.26. The summed E-state index contributed by atoms with van der Waals surface area (Å²) in [4.78, 5) is 4.15. The first-order chi connectivity index (χ1) is 9.97. The number of anilines is 2. The first-order valence-electron chi connectivity index (χ1n) is 6.82. The molecule has 0 spiro atoms. The predicted molar refractivity (Wildman–Crippen MR) is 84.7 cm³/mol. The van der Waals surface area contributed by atoms with Gasteiger partial charge in [-0.15, -0.1) is 0 Å². The number of benzene rings is 1. The zero-order chi connectivity index (χ0) is 15.5.